The molecule has 1 aromatic carbocycles. The number of nitrogens with one attached hydrogen (secondary N) is 1. The van der Waals surface area contributed by atoms with E-state index in [4.69, 9.17) is 0 Å². The van der Waals surface area contributed by atoms with Crippen molar-refractivity contribution in [1.82, 2.24) is 4.90 Å². The van der Waals surface area contributed by atoms with Crippen molar-refractivity contribution in [1.29, 1.82) is 0 Å². The fourth-order valence-corrected chi connectivity index (χ4v) is 3.12. The van der Waals surface area contributed by atoms with Gasteiger partial charge in [-0.3, -0.25) is 0 Å². The van der Waals surface area contributed by atoms with E-state index in [0.29, 0.717) is 6.04 Å². The fraction of sp³-hybridized carbons (Fsp3) is 0.600. The first-order valence-corrected chi connectivity index (χ1v) is 7.57. The molecule has 0 radical (unpaired) electrons. The van der Waals surface area contributed by atoms with Crippen LogP contribution in [-0.2, 0) is 0 Å². The second kappa shape index (κ2) is 6.07. The summed E-state index contributed by atoms with van der Waals surface area (Å²) in [6.07, 6.45) is 2.66. The van der Waals surface area contributed by atoms with Crippen LogP contribution in [0.4, 0.5) is 5.69 Å². The molecule has 3 heteroatoms. The van der Waals surface area contributed by atoms with Gasteiger partial charge in [0.2, 0.25) is 0 Å². The number of benzene rings is 1. The third kappa shape index (κ3) is 3.27. The maximum absolute atomic E-state index is 3.67. The van der Waals surface area contributed by atoms with Crippen LogP contribution in [0, 0.1) is 12.8 Å². The lowest BCUT2D eigenvalue weighted by atomic mass is 9.91. The molecule has 0 bridgehead atoms. The molecule has 1 aliphatic rings. The number of piperidine rings is 1. The Hall–Kier alpha value is -0.540. The van der Waals surface area contributed by atoms with Crippen LogP contribution < -0.4 is 5.32 Å². The van der Waals surface area contributed by atoms with Gasteiger partial charge in [0.05, 0.1) is 0 Å². The van der Waals surface area contributed by atoms with Gasteiger partial charge in [0.25, 0.3) is 0 Å². The van der Waals surface area contributed by atoms with E-state index in [9.17, 15) is 0 Å². The van der Waals surface area contributed by atoms with E-state index in [2.05, 4.69) is 65.2 Å². The van der Waals surface area contributed by atoms with Gasteiger partial charge >= 0.3 is 0 Å². The highest BCUT2D eigenvalue weighted by Crippen LogP contribution is 2.28. The Labute approximate surface area is 119 Å². The first kappa shape index (κ1) is 13.9. The average Bonchev–Trinajstić information content (AvgIpc) is 2.35. The first-order chi connectivity index (χ1) is 8.58. The van der Waals surface area contributed by atoms with Crippen LogP contribution in [0.3, 0.4) is 0 Å². The Morgan fingerprint density at radius 3 is 2.94 bits per heavy atom. The molecule has 18 heavy (non-hydrogen) atoms. The summed E-state index contributed by atoms with van der Waals surface area (Å²) in [5.41, 5.74) is 2.50. The monoisotopic (exact) mass is 310 g/mol. The molecule has 100 valence electrons. The molecule has 2 nitrogen and oxygen atoms in total. The smallest absolute Gasteiger partial charge is 0.0489 e. The molecule has 1 heterocycles. The largest absolute Gasteiger partial charge is 0.381 e. The van der Waals surface area contributed by atoms with Gasteiger partial charge in [-0.2, -0.15) is 0 Å². The summed E-state index contributed by atoms with van der Waals surface area (Å²) in [5.74, 6) is 0.746. The van der Waals surface area contributed by atoms with E-state index >= 15 is 0 Å². The van der Waals surface area contributed by atoms with Gasteiger partial charge in [0.1, 0.15) is 0 Å². The van der Waals surface area contributed by atoms with Gasteiger partial charge in [0.15, 0.2) is 0 Å². The second-order valence-corrected chi connectivity index (χ2v) is 6.33. The summed E-state index contributed by atoms with van der Waals surface area (Å²) < 4.78 is 1.20. The van der Waals surface area contributed by atoms with Gasteiger partial charge in [-0.25, -0.2) is 0 Å². The third-order valence-corrected chi connectivity index (χ3v) is 5.00. The highest BCUT2D eigenvalue weighted by Gasteiger charge is 2.23. The normalized spacial score (nSPS) is 22.8. The van der Waals surface area contributed by atoms with Crippen LogP contribution >= 0.6 is 15.9 Å². The van der Waals surface area contributed by atoms with E-state index in [1.165, 1.54) is 41.7 Å². The fourth-order valence-electron chi connectivity index (χ4n) is 2.74. The summed E-state index contributed by atoms with van der Waals surface area (Å²) in [6.45, 7) is 6.89. The number of nitrogens with zero attached hydrogens (tertiary/aromatic N) is 1. The molecule has 0 aliphatic carbocycles. The summed E-state index contributed by atoms with van der Waals surface area (Å²) in [5, 5.41) is 3.67. The molecule has 0 spiro atoms. The average molecular weight is 311 g/mol. The van der Waals surface area contributed by atoms with E-state index in [-0.39, 0.29) is 0 Å². The zero-order valence-electron chi connectivity index (χ0n) is 11.5. The number of aryl methyl sites for hydroxylation is 1. The van der Waals surface area contributed by atoms with E-state index in [1.54, 1.807) is 0 Å². The highest BCUT2D eigenvalue weighted by atomic mass is 79.9. The quantitative estimate of drug-likeness (QED) is 0.911. The topological polar surface area (TPSA) is 15.3 Å². The molecular formula is C15H23BrN2. The molecule has 2 atom stereocenters. The Morgan fingerprint density at radius 2 is 2.22 bits per heavy atom. The lowest BCUT2D eigenvalue weighted by Gasteiger charge is -2.34. The van der Waals surface area contributed by atoms with E-state index in [0.717, 1.165) is 5.92 Å². The zero-order chi connectivity index (χ0) is 13.1. The van der Waals surface area contributed by atoms with Gasteiger partial charge < -0.3 is 10.2 Å². The zero-order valence-corrected chi connectivity index (χ0v) is 13.1. The minimum atomic E-state index is 0.519. The van der Waals surface area contributed by atoms with Crippen molar-refractivity contribution in [2.24, 2.45) is 5.92 Å². The van der Waals surface area contributed by atoms with Crippen molar-refractivity contribution < 1.29 is 0 Å². The number of hydrogen-bond acceptors (Lipinski definition) is 2. The molecule has 0 amide bonds. The number of likely N-dealkylation sites (tertiary alicyclic amines) is 1. The van der Waals surface area contributed by atoms with Gasteiger partial charge in [-0.05, 0) is 73.8 Å². The second-order valence-electron chi connectivity index (χ2n) is 5.53. The van der Waals surface area contributed by atoms with Crippen LogP contribution in [0.2, 0.25) is 0 Å². The Kier molecular flexibility index (Phi) is 4.68. The molecule has 1 saturated heterocycles. The first-order valence-electron chi connectivity index (χ1n) is 6.78. The van der Waals surface area contributed by atoms with Crippen LogP contribution in [0.15, 0.2) is 22.7 Å². The summed E-state index contributed by atoms with van der Waals surface area (Å²) >= 11 is 3.67. The lowest BCUT2D eigenvalue weighted by molar-refractivity contribution is 0.197. The van der Waals surface area contributed by atoms with Crippen LogP contribution in [-0.4, -0.2) is 31.1 Å². The van der Waals surface area contributed by atoms with Crippen molar-refractivity contribution in [3.05, 3.63) is 28.2 Å². The molecule has 2 unspecified atom stereocenters. The third-order valence-electron chi connectivity index (χ3n) is 3.94. The summed E-state index contributed by atoms with van der Waals surface area (Å²) in [7, 11) is 2.22. The van der Waals surface area contributed by atoms with Crippen molar-refractivity contribution in [2.45, 2.75) is 32.7 Å². The highest BCUT2D eigenvalue weighted by molar-refractivity contribution is 9.10. The van der Waals surface area contributed by atoms with Crippen LogP contribution in [0.5, 0.6) is 0 Å². The summed E-state index contributed by atoms with van der Waals surface area (Å²) in [6, 6.07) is 6.92. The molecule has 2 rings (SSSR count). The standard InChI is InChI=1S/C15H23BrN2/c1-11-6-4-8-14(15(11)16)17-12(2)13-7-5-9-18(3)10-13/h4,6,8,12-13,17H,5,7,9-10H2,1-3H3. The van der Waals surface area contributed by atoms with E-state index in [1.807, 2.05) is 0 Å². The van der Waals surface area contributed by atoms with Crippen molar-refractivity contribution in [3.63, 3.8) is 0 Å². The van der Waals surface area contributed by atoms with Crippen LogP contribution in [0.25, 0.3) is 0 Å². The SMILES string of the molecule is Cc1cccc(NC(C)C2CCCN(C)C2)c1Br. The maximum Gasteiger partial charge on any atom is 0.0489 e. The Bertz CT molecular complexity index is 405. The minimum Gasteiger partial charge on any atom is -0.381 e. The van der Waals surface area contributed by atoms with Gasteiger partial charge in [0, 0.05) is 22.7 Å². The van der Waals surface area contributed by atoms with Gasteiger partial charge in [-0.1, -0.05) is 12.1 Å². The molecule has 1 aromatic rings. The number of anilines is 1. The maximum atomic E-state index is 3.67. The molecule has 1 fully saturated rings. The molecule has 0 aromatic heterocycles. The summed E-state index contributed by atoms with van der Waals surface area (Å²) in [4.78, 5) is 2.44. The molecule has 1 N–H and O–H groups in total. The predicted octanol–water partition coefficient (Wildman–Crippen LogP) is 3.90. The number of hydrogen-bond donors (Lipinski definition) is 1. The molecule has 1 aliphatic heterocycles. The molecular weight excluding hydrogens is 288 g/mol. The predicted molar refractivity (Wildman–Crippen MR) is 82.2 cm³/mol. The van der Waals surface area contributed by atoms with E-state index < -0.39 is 0 Å². The van der Waals surface area contributed by atoms with Crippen molar-refractivity contribution >= 4 is 21.6 Å². The number of halogens is 1. The van der Waals surface area contributed by atoms with Crippen LogP contribution in [0.1, 0.15) is 25.3 Å². The van der Waals surface area contributed by atoms with Crippen molar-refractivity contribution in [3.8, 4) is 0 Å². The Balaban J connectivity index is 2.02. The lowest BCUT2D eigenvalue weighted by Crippen LogP contribution is -2.39. The van der Waals surface area contributed by atoms with Gasteiger partial charge in [-0.15, -0.1) is 0 Å². The minimum absolute atomic E-state index is 0.519. The number of rotatable bonds is 3. The molecule has 0 saturated carbocycles. The van der Waals surface area contributed by atoms with Crippen molar-refractivity contribution in [2.75, 3.05) is 25.5 Å². The Morgan fingerprint density at radius 1 is 1.44 bits per heavy atom.